The van der Waals surface area contributed by atoms with Crippen molar-refractivity contribution >= 4 is 21.7 Å². The molecule has 6 nitrogen and oxygen atoms in total. The fourth-order valence-corrected chi connectivity index (χ4v) is 4.55. The number of hydrogen-bond acceptors (Lipinski definition) is 4. The Bertz CT molecular complexity index is 1090. The van der Waals surface area contributed by atoms with Crippen molar-refractivity contribution in [2.24, 2.45) is 0 Å². The second kappa shape index (κ2) is 8.51. The minimum Gasteiger partial charge on any atom is -0.341 e. The average Bonchev–Trinajstić information content (AvgIpc) is 2.68. The fourth-order valence-electron chi connectivity index (χ4n) is 3.35. The molecule has 1 heterocycles. The van der Waals surface area contributed by atoms with Gasteiger partial charge in [0.05, 0.1) is 11.5 Å². The third-order valence-corrected chi connectivity index (χ3v) is 6.69. The van der Waals surface area contributed by atoms with E-state index in [0.717, 1.165) is 6.07 Å². The Labute approximate surface area is 173 Å². The number of halogens is 2. The van der Waals surface area contributed by atoms with Crippen molar-refractivity contribution in [2.45, 2.75) is 19.9 Å². The number of benzene rings is 2. The first-order valence-corrected chi connectivity index (χ1v) is 11.3. The number of carbonyl (C=O) groups is 2. The van der Waals surface area contributed by atoms with Gasteiger partial charge >= 0.3 is 0 Å². The van der Waals surface area contributed by atoms with Crippen LogP contribution in [0.5, 0.6) is 0 Å². The van der Waals surface area contributed by atoms with Crippen molar-refractivity contribution < 1.29 is 26.8 Å². The largest absolute Gasteiger partial charge is 0.341 e. The Kier molecular flexibility index (Phi) is 6.21. The highest BCUT2D eigenvalue weighted by Gasteiger charge is 2.28. The van der Waals surface area contributed by atoms with E-state index in [2.05, 4.69) is 5.32 Å². The monoisotopic (exact) mass is 436 g/mol. The first-order chi connectivity index (χ1) is 14.1. The smallest absolute Gasteiger partial charge is 0.252 e. The second-order valence-electron chi connectivity index (χ2n) is 7.33. The van der Waals surface area contributed by atoms with Crippen LogP contribution in [0.3, 0.4) is 0 Å². The quantitative estimate of drug-likeness (QED) is 0.797. The lowest BCUT2D eigenvalue weighted by molar-refractivity contribution is -0.132. The van der Waals surface area contributed by atoms with Crippen LogP contribution < -0.4 is 5.32 Å². The topological polar surface area (TPSA) is 83.6 Å². The number of hydrogen-bond donors (Lipinski definition) is 1. The first-order valence-electron chi connectivity index (χ1n) is 9.43. The van der Waals surface area contributed by atoms with E-state index in [1.54, 1.807) is 6.92 Å². The van der Waals surface area contributed by atoms with Gasteiger partial charge in [0, 0.05) is 24.2 Å². The number of nitrogens with one attached hydrogen (secondary N) is 1. The van der Waals surface area contributed by atoms with Gasteiger partial charge in [0.1, 0.15) is 17.7 Å². The molecule has 1 N–H and O–H groups in total. The molecule has 0 unspecified atom stereocenters. The molecule has 1 saturated heterocycles. The van der Waals surface area contributed by atoms with Crippen LogP contribution in [-0.2, 0) is 14.6 Å². The normalized spacial score (nSPS) is 16.7. The molecule has 1 fully saturated rings. The predicted octanol–water partition coefficient (Wildman–Crippen LogP) is 2.32. The Morgan fingerprint density at radius 1 is 1.03 bits per heavy atom. The molecular formula is C21H22F2N2O4S. The van der Waals surface area contributed by atoms with Gasteiger partial charge in [-0.1, -0.05) is 12.1 Å². The van der Waals surface area contributed by atoms with Crippen LogP contribution in [0.15, 0.2) is 36.4 Å². The van der Waals surface area contributed by atoms with E-state index < -0.39 is 39.3 Å². The Balaban J connectivity index is 1.69. The molecule has 9 heteroatoms. The molecule has 0 aliphatic carbocycles. The molecule has 1 atom stereocenters. The maximum absolute atomic E-state index is 14.6. The van der Waals surface area contributed by atoms with Gasteiger partial charge in [0.25, 0.3) is 5.91 Å². The Hall–Kier alpha value is -2.81. The molecule has 2 aromatic carbocycles. The molecule has 3 rings (SSSR count). The van der Waals surface area contributed by atoms with Gasteiger partial charge in [-0.3, -0.25) is 9.59 Å². The zero-order valence-electron chi connectivity index (χ0n) is 16.6. The summed E-state index contributed by atoms with van der Waals surface area (Å²) in [5.41, 5.74) is 1.36. The van der Waals surface area contributed by atoms with Crippen LogP contribution in [0.4, 0.5) is 8.78 Å². The lowest BCUT2D eigenvalue weighted by atomic mass is 9.98. The summed E-state index contributed by atoms with van der Waals surface area (Å²) < 4.78 is 50.9. The number of nitrogens with zero attached hydrogens (tertiary/aromatic N) is 1. The van der Waals surface area contributed by atoms with Gasteiger partial charge in [0.15, 0.2) is 9.84 Å². The lowest BCUT2D eigenvalue weighted by Gasteiger charge is -2.29. The minimum absolute atomic E-state index is 0.0388. The van der Waals surface area contributed by atoms with E-state index >= 15 is 0 Å². The molecule has 0 aromatic heterocycles. The molecule has 160 valence electrons. The van der Waals surface area contributed by atoms with Crippen LogP contribution in [-0.4, -0.2) is 55.8 Å². The number of sulfone groups is 1. The summed E-state index contributed by atoms with van der Waals surface area (Å²) in [7, 11) is -3.12. The van der Waals surface area contributed by atoms with Crippen molar-refractivity contribution in [1.82, 2.24) is 10.2 Å². The highest BCUT2D eigenvalue weighted by Crippen LogP contribution is 2.27. The molecule has 0 bridgehead atoms. The van der Waals surface area contributed by atoms with E-state index in [4.69, 9.17) is 0 Å². The van der Waals surface area contributed by atoms with Crippen molar-refractivity contribution in [3.63, 3.8) is 0 Å². The van der Waals surface area contributed by atoms with E-state index in [9.17, 15) is 26.8 Å². The average molecular weight is 436 g/mol. The zero-order chi connectivity index (χ0) is 22.1. The number of aryl methyl sites for hydroxylation is 1. The van der Waals surface area contributed by atoms with E-state index in [-0.39, 0.29) is 35.7 Å². The van der Waals surface area contributed by atoms with Gasteiger partial charge in [-0.25, -0.2) is 17.2 Å². The van der Waals surface area contributed by atoms with Crippen LogP contribution >= 0.6 is 0 Å². The summed E-state index contributed by atoms with van der Waals surface area (Å²) in [6.07, 6.45) is 0. The third kappa shape index (κ3) is 4.84. The Morgan fingerprint density at radius 2 is 1.67 bits per heavy atom. The summed E-state index contributed by atoms with van der Waals surface area (Å²) in [5.74, 6) is -2.28. The molecule has 0 radical (unpaired) electrons. The third-order valence-electron chi connectivity index (χ3n) is 5.08. The van der Waals surface area contributed by atoms with Crippen molar-refractivity contribution in [1.29, 1.82) is 0 Å². The standard InChI is InChI=1S/C21H22F2N2O4S/c1-13-11-16(22)4-6-17(13)18-5-3-15(12-19(18)23)20(26)24-14(2)21(27)25-7-9-30(28,29)10-8-25/h3-6,11-12,14H,7-10H2,1-2H3,(H,24,26)/t14-/m1/s1. The van der Waals surface area contributed by atoms with Crippen LogP contribution in [0, 0.1) is 18.6 Å². The van der Waals surface area contributed by atoms with Gasteiger partial charge in [-0.2, -0.15) is 0 Å². The molecule has 1 aliphatic rings. The molecule has 0 spiro atoms. The number of rotatable bonds is 4. The molecule has 0 saturated carbocycles. The van der Waals surface area contributed by atoms with E-state index in [1.165, 1.54) is 42.2 Å². The van der Waals surface area contributed by atoms with Gasteiger partial charge in [0.2, 0.25) is 5.91 Å². The van der Waals surface area contributed by atoms with Crippen LogP contribution in [0.25, 0.3) is 11.1 Å². The molecule has 2 amide bonds. The first kappa shape index (κ1) is 21.9. The van der Waals surface area contributed by atoms with E-state index in [1.807, 2.05) is 0 Å². The fraction of sp³-hybridized carbons (Fsp3) is 0.333. The second-order valence-corrected chi connectivity index (χ2v) is 9.63. The number of amides is 2. The summed E-state index contributed by atoms with van der Waals surface area (Å²) >= 11 is 0. The number of carbonyl (C=O) groups excluding carboxylic acids is 2. The highest BCUT2D eigenvalue weighted by molar-refractivity contribution is 7.91. The van der Waals surface area contributed by atoms with Crippen molar-refractivity contribution in [3.8, 4) is 11.1 Å². The van der Waals surface area contributed by atoms with Crippen LogP contribution in [0.1, 0.15) is 22.8 Å². The van der Waals surface area contributed by atoms with Gasteiger partial charge in [-0.05, 0) is 49.2 Å². The summed E-state index contributed by atoms with van der Waals surface area (Å²) in [6.45, 7) is 3.33. The van der Waals surface area contributed by atoms with Crippen molar-refractivity contribution in [3.05, 3.63) is 59.2 Å². The maximum Gasteiger partial charge on any atom is 0.252 e. The summed E-state index contributed by atoms with van der Waals surface area (Å²) in [4.78, 5) is 26.3. The van der Waals surface area contributed by atoms with E-state index in [0.29, 0.717) is 11.1 Å². The molecule has 30 heavy (non-hydrogen) atoms. The van der Waals surface area contributed by atoms with Gasteiger partial charge < -0.3 is 10.2 Å². The lowest BCUT2D eigenvalue weighted by Crippen LogP contribution is -2.51. The molecule has 1 aliphatic heterocycles. The maximum atomic E-state index is 14.6. The molecular weight excluding hydrogens is 414 g/mol. The van der Waals surface area contributed by atoms with Gasteiger partial charge in [-0.15, -0.1) is 0 Å². The Morgan fingerprint density at radius 3 is 2.27 bits per heavy atom. The predicted molar refractivity (Wildman–Crippen MR) is 109 cm³/mol. The zero-order valence-corrected chi connectivity index (χ0v) is 17.4. The molecule has 2 aromatic rings. The summed E-state index contributed by atoms with van der Waals surface area (Å²) in [5, 5.41) is 2.52. The SMILES string of the molecule is Cc1cc(F)ccc1-c1ccc(C(=O)N[C@H](C)C(=O)N2CCS(=O)(=O)CC2)cc1F. The van der Waals surface area contributed by atoms with Crippen molar-refractivity contribution in [2.75, 3.05) is 24.6 Å². The minimum atomic E-state index is -3.12. The summed E-state index contributed by atoms with van der Waals surface area (Å²) in [6, 6.07) is 7.06. The highest BCUT2D eigenvalue weighted by atomic mass is 32.2. The van der Waals surface area contributed by atoms with Crippen LogP contribution in [0.2, 0.25) is 0 Å².